The smallest absolute Gasteiger partial charge is 0.364 e. The Morgan fingerprint density at radius 3 is 1.00 bits per heavy atom. The topological polar surface area (TPSA) is 912 Å². The molecule has 9 rings (SSSR count). The number of carboxylic acids is 2. The Balaban J connectivity index is 1.07. The van der Waals surface area contributed by atoms with Gasteiger partial charge in [-0.1, -0.05) is 0 Å². The number of aliphatic hydroxyl groups excluding tert-OH is 25. The lowest BCUT2D eigenvalue weighted by molar-refractivity contribution is -0.397. The summed E-state index contributed by atoms with van der Waals surface area (Å²) in [6.45, 7) is -5.57. The van der Waals surface area contributed by atoms with Crippen LogP contribution in [0.1, 0.15) is 54.4 Å². The molecular weight excluding hydrogens is 1780 g/mol. The Bertz CT molecular complexity index is 3720. The van der Waals surface area contributed by atoms with Gasteiger partial charge in [-0.2, -0.15) is 0 Å². The molecule has 9 aliphatic rings. The maximum Gasteiger partial charge on any atom is 0.364 e. The van der Waals surface area contributed by atoms with Crippen molar-refractivity contribution >= 4 is 47.4 Å². The largest absolute Gasteiger partial charge is 0.477 e. The number of carbonyl (C=O) groups excluding carboxylic acids is 6. The summed E-state index contributed by atoms with van der Waals surface area (Å²) in [7, 11) is 0. The number of amides is 6. The van der Waals surface area contributed by atoms with Gasteiger partial charge in [0.05, 0.1) is 83.8 Å². The molecule has 0 radical (unpaired) electrons. The molecular formula is C72H118N6O52. The number of hydrogen-bond acceptors (Lipinski definition) is 50. The van der Waals surface area contributed by atoms with Gasteiger partial charge in [0.25, 0.3) is 11.6 Å². The minimum Gasteiger partial charge on any atom is -0.477 e. The fraction of sp³-hybridized carbons (Fsp3) is 0.889. The summed E-state index contributed by atoms with van der Waals surface area (Å²) >= 11 is 0. The molecule has 9 saturated heterocycles. The number of aliphatic hydroxyl groups is 25. The molecule has 0 aromatic carbocycles. The number of carbonyl (C=O) groups is 8. The van der Waals surface area contributed by atoms with Gasteiger partial charge in [0.15, 0.2) is 44.0 Å². The molecule has 47 atom stereocenters. The highest BCUT2D eigenvalue weighted by molar-refractivity contribution is 5.78. The van der Waals surface area contributed by atoms with Gasteiger partial charge >= 0.3 is 11.9 Å². The van der Waals surface area contributed by atoms with Crippen molar-refractivity contribution in [2.75, 3.05) is 59.5 Å². The van der Waals surface area contributed by atoms with E-state index in [4.69, 9.17) is 80.5 Å². The van der Waals surface area contributed by atoms with Crippen molar-refractivity contribution in [3.8, 4) is 0 Å². The lowest BCUT2D eigenvalue weighted by atomic mass is 9.88. The number of rotatable bonds is 37. The maximum absolute atomic E-state index is 13.2. The van der Waals surface area contributed by atoms with Crippen LogP contribution >= 0.6 is 0 Å². The molecule has 0 saturated carbocycles. The first-order chi connectivity index (χ1) is 61.1. The highest BCUT2D eigenvalue weighted by Gasteiger charge is 2.63. The molecule has 130 heavy (non-hydrogen) atoms. The van der Waals surface area contributed by atoms with E-state index in [1.54, 1.807) is 0 Å². The maximum atomic E-state index is 13.2. The third kappa shape index (κ3) is 24.4. The van der Waals surface area contributed by atoms with E-state index in [2.05, 4.69) is 31.9 Å². The lowest BCUT2D eigenvalue weighted by Crippen LogP contribution is -2.71. The van der Waals surface area contributed by atoms with Crippen LogP contribution in [0, 0.1) is 0 Å². The van der Waals surface area contributed by atoms with Crippen molar-refractivity contribution < 1.29 is 257 Å². The normalized spacial score (nSPS) is 44.6. The second kappa shape index (κ2) is 46.3. The van der Waals surface area contributed by atoms with E-state index in [-0.39, 0.29) is 0 Å². The zero-order chi connectivity index (χ0) is 96.6. The van der Waals surface area contributed by atoms with E-state index < -0.39 is 407 Å². The van der Waals surface area contributed by atoms with Crippen LogP contribution in [0.4, 0.5) is 0 Å². The predicted octanol–water partition coefficient (Wildman–Crippen LogP) is -21.4. The van der Waals surface area contributed by atoms with Crippen molar-refractivity contribution in [1.82, 2.24) is 31.9 Å². The Kier molecular flexibility index (Phi) is 38.4. The number of nitrogens with one attached hydrogen (secondary N) is 6. The van der Waals surface area contributed by atoms with Gasteiger partial charge in [0.1, 0.15) is 207 Å². The molecule has 9 aliphatic heterocycles. The molecule has 0 spiro atoms. The molecule has 9 heterocycles. The summed E-state index contributed by atoms with van der Waals surface area (Å²) in [4.78, 5) is 102. The minimum atomic E-state index is -3.18. The average Bonchev–Trinajstić information content (AvgIpc) is 0.764. The molecule has 0 aliphatic carbocycles. The van der Waals surface area contributed by atoms with Crippen LogP contribution in [-0.4, -0.2) is 532 Å². The van der Waals surface area contributed by atoms with Crippen LogP contribution < -0.4 is 31.9 Å². The van der Waals surface area contributed by atoms with Crippen LogP contribution in [0.25, 0.3) is 0 Å². The first kappa shape index (κ1) is 108. The molecule has 58 nitrogen and oxygen atoms in total. The quantitative estimate of drug-likeness (QED) is 0.0275. The number of aliphatic carboxylic acids is 2. The van der Waals surface area contributed by atoms with Gasteiger partial charge in [0.2, 0.25) is 35.4 Å². The molecule has 0 unspecified atom stereocenters. The Hall–Kier alpha value is -5.92. The van der Waals surface area contributed by atoms with Gasteiger partial charge in [-0.15, -0.1) is 0 Å². The van der Waals surface area contributed by atoms with E-state index in [1.807, 2.05) is 0 Å². The summed E-state index contributed by atoms with van der Waals surface area (Å²) in [5.74, 6) is -16.2. The summed E-state index contributed by atoms with van der Waals surface area (Å²) < 4.78 is 101. The summed E-state index contributed by atoms with van der Waals surface area (Å²) in [5, 5.41) is 317. The third-order valence-corrected chi connectivity index (χ3v) is 23.1. The second-order valence-corrected chi connectivity index (χ2v) is 32.6. The molecule has 748 valence electrons. The molecule has 33 N–H and O–H groups in total. The van der Waals surface area contributed by atoms with Crippen LogP contribution in [-0.2, 0) is 119 Å². The molecule has 9 fully saturated rings. The highest BCUT2D eigenvalue weighted by Crippen LogP contribution is 2.42. The van der Waals surface area contributed by atoms with Crippen LogP contribution in [0.2, 0.25) is 0 Å². The fourth-order valence-electron chi connectivity index (χ4n) is 16.4. The van der Waals surface area contributed by atoms with E-state index in [0.29, 0.717) is 0 Å². The van der Waals surface area contributed by atoms with Crippen molar-refractivity contribution in [1.29, 1.82) is 0 Å². The van der Waals surface area contributed by atoms with Crippen molar-refractivity contribution in [3.63, 3.8) is 0 Å². The van der Waals surface area contributed by atoms with Gasteiger partial charge in [-0.05, 0) is 0 Å². The monoisotopic (exact) mass is 1900 g/mol. The third-order valence-electron chi connectivity index (χ3n) is 23.1. The minimum absolute atomic E-state index is 0.824. The molecule has 58 heteroatoms. The molecule has 0 aromatic heterocycles. The summed E-state index contributed by atoms with van der Waals surface area (Å²) in [6.07, 6.45) is -90.3. The van der Waals surface area contributed by atoms with E-state index in [9.17, 15) is 176 Å². The Labute approximate surface area is 735 Å². The highest BCUT2D eigenvalue weighted by atomic mass is 16.8. The number of hydrogen-bond donors (Lipinski definition) is 33. The van der Waals surface area contributed by atoms with Gasteiger partial charge in [-0.25, -0.2) is 9.59 Å². The molecule has 0 bridgehead atoms. The zero-order valence-corrected chi connectivity index (χ0v) is 70.0. The number of ether oxygens (including phenoxy) is 17. The van der Waals surface area contributed by atoms with Gasteiger partial charge in [0, 0.05) is 54.4 Å². The summed E-state index contributed by atoms with van der Waals surface area (Å²) in [5.41, 5.74) is 0. The van der Waals surface area contributed by atoms with Crippen LogP contribution in [0.3, 0.4) is 0 Å². The van der Waals surface area contributed by atoms with Crippen LogP contribution in [0.15, 0.2) is 0 Å². The SMILES string of the molecule is CC(=O)N[C@@H]1[C@@H](O)[C@H](O[C@@H]2O[C@H](CO)[C@@H](O[C@@H]3O[C@H](CO[C@H]4O[C@H](CO)[C@@H](O)[C@H](O)[C@@H]4O[C@@H]4O[C@H](CO[C@]5(C(=O)O)C[C@H](O)[C@@H](NC(C)=O)[C@H]([C@H](O)[C@H](O)CO)O5)[C@@H](O)[C@H](O)[C@H]4NC(C)=O)[C@@H](O)[C@H](O[C@H]4O[C@H](CO)[C@@H](O)[C@H](O)[C@@H]4O[C@@H]4O[C@H](CO[C@]5(C(=O)O)C[C@H](O)[C@@H](NC(C)=O)[C@H]([C@H](O)[C@H](O)CO)O5)[C@@H](O)[C@H](O)[C@H]4NC(C)=O)[C@@H]3O)[C@H](O)[C@H]2NC(C)=O)[C@@H](CO)O[C@H]1O. The zero-order valence-electron chi connectivity index (χ0n) is 70.0. The van der Waals surface area contributed by atoms with Crippen molar-refractivity contribution in [2.24, 2.45) is 0 Å². The Morgan fingerprint density at radius 1 is 0.315 bits per heavy atom. The second-order valence-electron chi connectivity index (χ2n) is 32.6. The number of carboxylic acid groups (broad SMARTS) is 2. The van der Waals surface area contributed by atoms with Crippen molar-refractivity contribution in [3.05, 3.63) is 0 Å². The first-order valence-corrected chi connectivity index (χ1v) is 40.9. The molecule has 0 aromatic rings. The van der Waals surface area contributed by atoms with Gasteiger partial charge in [-0.3, -0.25) is 28.8 Å². The van der Waals surface area contributed by atoms with Crippen molar-refractivity contribution in [2.45, 2.75) is 342 Å². The van der Waals surface area contributed by atoms with E-state index in [0.717, 1.165) is 41.5 Å². The Morgan fingerprint density at radius 2 is 0.615 bits per heavy atom. The fourth-order valence-corrected chi connectivity index (χ4v) is 16.4. The van der Waals surface area contributed by atoms with E-state index in [1.165, 1.54) is 0 Å². The standard InChI is InChI=1S/C72H118N6O52/c1-18(85)73-35-24(91)7-71(69(110)111,129-57(35)41(95)26(93)9-79)115-16-33-45(99)48(102)38(76-21(4)88)63(121-33)127-60-52(106)43(97)28(11-81)118-67(60)114-15-32-47(101)59(54(108)66(123-32)125-56-31(14-84)120-65(40(51(56)105)78-23(6)90)124-55-30(13-83)117-62(109)37(50(55)104)75-20(3)87)126-68-61(53(107)44(98)29(12-82)119-68)128-64-39(77-22(5)89)49(103)46(100)34(122-64)17-116-72(70(112)113)8-25(92)36(74-19(2)86)58(130-72)42(96)27(94)10-80/h24-68,79-84,91-109H,7-17H2,1-6H3,(H,73,85)(H,74,86)(H,75,87)(H,76,88)(H,77,89)(H,78,90)(H,110,111)(H,112,113)/t24-,25-,26+,27+,28+,29+,30+,31+,32+,33+,34+,35+,36+,37+,38+,39+,40+,41+,42+,43+,44+,45+,46+,47+,48+,49+,50+,51+,52-,53-,54-,55+,56+,57+,58+,59-,60-,61-,62+,63-,64-,65-,66-,67-,68+,71+,72+/m0/s1. The average molecular weight is 1900 g/mol. The lowest BCUT2D eigenvalue weighted by Gasteiger charge is -2.51. The van der Waals surface area contributed by atoms with E-state index >= 15 is 0 Å². The van der Waals surface area contributed by atoms with Crippen LogP contribution in [0.5, 0.6) is 0 Å². The molecule has 6 amide bonds. The van der Waals surface area contributed by atoms with Gasteiger partial charge < -0.3 is 250 Å². The summed E-state index contributed by atoms with van der Waals surface area (Å²) in [6, 6.07) is -11.3. The predicted molar refractivity (Wildman–Crippen MR) is 401 cm³/mol. The first-order valence-electron chi connectivity index (χ1n) is 40.9.